The topological polar surface area (TPSA) is 26.3 Å². The van der Waals surface area contributed by atoms with Gasteiger partial charge in [-0.2, -0.15) is 22.0 Å². The Labute approximate surface area is 82.7 Å². The predicted octanol–water partition coefficient (Wildman–Crippen LogP) is 3.25. The van der Waals surface area contributed by atoms with Crippen molar-refractivity contribution >= 4 is 5.97 Å². The van der Waals surface area contributed by atoms with Crippen LogP contribution in [0.1, 0.15) is 20.8 Å². The molecule has 0 aromatic carbocycles. The fourth-order valence-electron chi connectivity index (χ4n) is 0.391. The molecule has 0 N–H and O–H groups in total. The van der Waals surface area contributed by atoms with Crippen LogP contribution in [0.25, 0.3) is 0 Å². The number of ether oxygens (including phenoxy) is 1. The van der Waals surface area contributed by atoms with Crippen LogP contribution in [-0.2, 0) is 9.53 Å². The van der Waals surface area contributed by atoms with Crippen LogP contribution < -0.4 is 0 Å². The lowest BCUT2D eigenvalue weighted by Crippen LogP contribution is -2.23. The molecule has 0 heterocycles. The molecule has 88 valence electrons. The minimum absolute atomic E-state index is 1.22. The van der Waals surface area contributed by atoms with Gasteiger partial charge < -0.3 is 4.74 Å². The van der Waals surface area contributed by atoms with E-state index in [1.807, 2.05) is 0 Å². The first-order chi connectivity index (χ1) is 6.46. The molecule has 0 aliphatic carbocycles. The van der Waals surface area contributed by atoms with Crippen LogP contribution in [0.5, 0.6) is 0 Å². The van der Waals surface area contributed by atoms with Crippen molar-refractivity contribution in [2.24, 2.45) is 5.41 Å². The second kappa shape index (κ2) is 4.16. The first-order valence-electron chi connectivity index (χ1n) is 3.81. The average Bonchev–Trinajstić information content (AvgIpc) is 1.99. The molecule has 0 spiro atoms. The van der Waals surface area contributed by atoms with Gasteiger partial charge in [0.1, 0.15) is 0 Å². The molecule has 0 aliphatic heterocycles. The Bertz CT molecular complexity index is 284. The predicted molar refractivity (Wildman–Crippen MR) is 40.8 cm³/mol. The van der Waals surface area contributed by atoms with Crippen LogP contribution in [-0.4, -0.2) is 12.1 Å². The Morgan fingerprint density at radius 3 is 1.73 bits per heavy atom. The monoisotopic (exact) mass is 232 g/mol. The summed E-state index contributed by atoms with van der Waals surface area (Å²) in [6, 6.07) is -2.57. The summed E-state index contributed by atoms with van der Waals surface area (Å²) in [6.45, 7) is 3.86. The molecule has 2 nitrogen and oxygen atoms in total. The molecule has 15 heavy (non-hydrogen) atoms. The van der Waals surface area contributed by atoms with Gasteiger partial charge >= 0.3 is 18.2 Å². The highest BCUT2D eigenvalue weighted by Gasteiger charge is 2.40. The molecular formula is C8H9F5O2. The van der Waals surface area contributed by atoms with E-state index in [-0.39, 0.29) is 0 Å². The second-order valence-corrected chi connectivity index (χ2v) is 3.72. The Kier molecular flexibility index (Phi) is 3.84. The van der Waals surface area contributed by atoms with Crippen molar-refractivity contribution in [3.63, 3.8) is 0 Å². The van der Waals surface area contributed by atoms with E-state index in [9.17, 15) is 26.7 Å². The zero-order chi connectivity index (χ0) is 12.4. The van der Waals surface area contributed by atoms with Crippen LogP contribution >= 0.6 is 0 Å². The van der Waals surface area contributed by atoms with Gasteiger partial charge in [0.25, 0.3) is 5.83 Å². The van der Waals surface area contributed by atoms with Crippen LogP contribution in [0.2, 0.25) is 0 Å². The standard InChI is InChI=1S/C8H9F5O2/c1-7(2,3)6(14)15-5(10)4(9)8(11,12)13/h1-3H3. The lowest BCUT2D eigenvalue weighted by atomic mass is 9.97. The Morgan fingerprint density at radius 1 is 1.07 bits per heavy atom. The minimum Gasteiger partial charge on any atom is -0.396 e. The Balaban J connectivity index is 4.78. The number of rotatable bonds is 1. The smallest absolute Gasteiger partial charge is 0.396 e. The molecule has 0 fully saturated rings. The van der Waals surface area contributed by atoms with Gasteiger partial charge in [0.15, 0.2) is 0 Å². The van der Waals surface area contributed by atoms with Gasteiger partial charge in [-0.05, 0) is 20.8 Å². The number of alkyl halides is 3. The summed E-state index contributed by atoms with van der Waals surface area (Å²) < 4.78 is 62.9. The maximum Gasteiger partial charge on any atom is 0.449 e. The fourth-order valence-corrected chi connectivity index (χ4v) is 0.391. The SMILES string of the molecule is CC(C)(C)C(=O)OC(F)=C(F)C(F)(F)F. The highest BCUT2D eigenvalue weighted by atomic mass is 19.4. The van der Waals surface area contributed by atoms with Crippen molar-refractivity contribution in [1.29, 1.82) is 0 Å². The highest BCUT2D eigenvalue weighted by Crippen LogP contribution is 2.31. The molecule has 0 rings (SSSR count). The van der Waals surface area contributed by atoms with E-state index in [2.05, 4.69) is 4.74 Å². The maximum absolute atomic E-state index is 12.4. The summed E-state index contributed by atoms with van der Waals surface area (Å²) in [4.78, 5) is 10.9. The summed E-state index contributed by atoms with van der Waals surface area (Å²) in [6.07, 6.45) is -5.50. The molecule has 0 aliphatic rings. The molecule has 7 heteroatoms. The van der Waals surface area contributed by atoms with Crippen molar-refractivity contribution in [2.75, 3.05) is 0 Å². The maximum atomic E-state index is 12.4. The molecule has 0 aromatic rings. The van der Waals surface area contributed by atoms with Gasteiger partial charge in [0.05, 0.1) is 5.41 Å². The van der Waals surface area contributed by atoms with E-state index in [1.165, 1.54) is 20.8 Å². The molecule has 0 bridgehead atoms. The zero-order valence-electron chi connectivity index (χ0n) is 8.21. The first-order valence-corrected chi connectivity index (χ1v) is 3.81. The van der Waals surface area contributed by atoms with Crippen LogP contribution in [0.3, 0.4) is 0 Å². The minimum atomic E-state index is -5.50. The number of allylic oxidation sites excluding steroid dienone is 1. The quantitative estimate of drug-likeness (QED) is 0.394. The van der Waals surface area contributed by atoms with Crippen molar-refractivity contribution in [1.82, 2.24) is 0 Å². The first kappa shape index (κ1) is 13.9. The van der Waals surface area contributed by atoms with Crippen LogP contribution in [0, 0.1) is 5.41 Å². The lowest BCUT2D eigenvalue weighted by molar-refractivity contribution is -0.153. The molecular weight excluding hydrogens is 223 g/mol. The normalized spacial score (nSPS) is 14.7. The fraction of sp³-hybridized carbons (Fsp3) is 0.625. The largest absolute Gasteiger partial charge is 0.449 e. The van der Waals surface area contributed by atoms with E-state index < -0.39 is 29.4 Å². The van der Waals surface area contributed by atoms with Gasteiger partial charge in [-0.3, -0.25) is 4.79 Å². The van der Waals surface area contributed by atoms with E-state index in [0.29, 0.717) is 0 Å². The van der Waals surface area contributed by atoms with Crippen molar-refractivity contribution < 1.29 is 31.5 Å². The van der Waals surface area contributed by atoms with E-state index in [0.717, 1.165) is 0 Å². The number of halogens is 5. The zero-order valence-corrected chi connectivity index (χ0v) is 8.21. The van der Waals surface area contributed by atoms with Crippen LogP contribution in [0.4, 0.5) is 22.0 Å². The third kappa shape index (κ3) is 4.26. The second-order valence-electron chi connectivity index (χ2n) is 3.72. The number of hydrogen-bond acceptors (Lipinski definition) is 2. The van der Waals surface area contributed by atoms with Crippen molar-refractivity contribution in [2.45, 2.75) is 26.9 Å². The highest BCUT2D eigenvalue weighted by molar-refractivity contribution is 5.76. The number of carbonyl (C=O) groups excluding carboxylic acids is 1. The average molecular weight is 232 g/mol. The van der Waals surface area contributed by atoms with Gasteiger partial charge in [-0.25, -0.2) is 0 Å². The molecule has 0 saturated carbocycles. The molecule has 0 aromatic heterocycles. The number of hydrogen-bond donors (Lipinski definition) is 0. The summed E-state index contributed by atoms with van der Waals surface area (Å²) in [5.74, 6) is -4.35. The summed E-state index contributed by atoms with van der Waals surface area (Å²) >= 11 is 0. The summed E-state index contributed by atoms with van der Waals surface area (Å²) in [5, 5.41) is 0. The Morgan fingerprint density at radius 2 is 1.47 bits per heavy atom. The number of esters is 1. The summed E-state index contributed by atoms with van der Waals surface area (Å²) in [7, 11) is 0. The molecule has 0 radical (unpaired) electrons. The van der Waals surface area contributed by atoms with Gasteiger partial charge in [0, 0.05) is 0 Å². The third-order valence-corrected chi connectivity index (χ3v) is 1.22. The summed E-state index contributed by atoms with van der Waals surface area (Å²) in [5.41, 5.74) is -1.22. The third-order valence-electron chi connectivity index (χ3n) is 1.22. The van der Waals surface area contributed by atoms with Crippen molar-refractivity contribution in [3.8, 4) is 0 Å². The van der Waals surface area contributed by atoms with Crippen LogP contribution in [0.15, 0.2) is 11.8 Å². The number of carbonyl (C=O) groups is 1. The van der Waals surface area contributed by atoms with Gasteiger partial charge in [-0.1, -0.05) is 0 Å². The Hall–Kier alpha value is -1.14. The van der Waals surface area contributed by atoms with E-state index in [4.69, 9.17) is 0 Å². The molecule has 0 atom stereocenters. The van der Waals surface area contributed by atoms with E-state index >= 15 is 0 Å². The van der Waals surface area contributed by atoms with E-state index in [1.54, 1.807) is 0 Å². The molecule has 0 amide bonds. The molecule has 0 saturated heterocycles. The van der Waals surface area contributed by atoms with Gasteiger partial charge in [-0.15, -0.1) is 0 Å². The van der Waals surface area contributed by atoms with Crippen molar-refractivity contribution in [3.05, 3.63) is 11.8 Å². The lowest BCUT2D eigenvalue weighted by Gasteiger charge is -2.15. The van der Waals surface area contributed by atoms with Gasteiger partial charge in [0.2, 0.25) is 0 Å². The molecule has 0 unspecified atom stereocenters.